The van der Waals surface area contributed by atoms with E-state index in [1.807, 2.05) is 0 Å². The zero-order valence-electron chi connectivity index (χ0n) is 15.5. The third-order valence-electron chi connectivity index (χ3n) is 4.25. The summed E-state index contributed by atoms with van der Waals surface area (Å²) in [6.07, 6.45) is -0.573. The summed E-state index contributed by atoms with van der Waals surface area (Å²) in [6, 6.07) is -3.64. The standard InChI is InChI=1S/C16H24N4O9/c17-8(6-13(24)25)15(27)20-5-1-2-10(20)14(26)18-7-11(21)19-9(16(28)29)3-4-12(22)23/h8-10H,1-7,17H2,(H,18,26)(H,19,21)(H,22,23)(H,24,25)(H,28,29). The van der Waals surface area contributed by atoms with Crippen LogP contribution in [-0.2, 0) is 28.8 Å². The average Bonchev–Trinajstić information content (AvgIpc) is 3.11. The van der Waals surface area contributed by atoms with Crippen LogP contribution in [0.4, 0.5) is 0 Å². The number of nitrogens with zero attached hydrogens (tertiary/aromatic N) is 1. The van der Waals surface area contributed by atoms with Crippen molar-refractivity contribution in [2.75, 3.05) is 13.1 Å². The van der Waals surface area contributed by atoms with Gasteiger partial charge in [0.05, 0.1) is 19.0 Å². The van der Waals surface area contributed by atoms with Gasteiger partial charge < -0.3 is 36.6 Å². The molecule has 3 atom stereocenters. The predicted molar refractivity (Wildman–Crippen MR) is 94.4 cm³/mol. The van der Waals surface area contributed by atoms with E-state index in [1.54, 1.807) is 0 Å². The predicted octanol–water partition coefficient (Wildman–Crippen LogP) is -2.67. The summed E-state index contributed by atoms with van der Waals surface area (Å²) < 4.78 is 0. The Hall–Kier alpha value is -3.22. The maximum absolute atomic E-state index is 12.3. The number of carboxylic acids is 3. The Bertz CT molecular complexity index is 681. The Morgan fingerprint density at radius 2 is 1.72 bits per heavy atom. The summed E-state index contributed by atoms with van der Waals surface area (Å²) in [5.74, 6) is -6.06. The van der Waals surface area contributed by atoms with Gasteiger partial charge in [-0.25, -0.2) is 4.79 Å². The van der Waals surface area contributed by atoms with E-state index in [0.717, 1.165) is 4.90 Å². The summed E-state index contributed by atoms with van der Waals surface area (Å²) >= 11 is 0. The van der Waals surface area contributed by atoms with Crippen molar-refractivity contribution < 1.29 is 44.1 Å². The topological polar surface area (TPSA) is 216 Å². The molecule has 13 nitrogen and oxygen atoms in total. The number of carboxylic acid groups (broad SMARTS) is 3. The van der Waals surface area contributed by atoms with Crippen LogP contribution in [0.5, 0.6) is 0 Å². The van der Waals surface area contributed by atoms with Crippen molar-refractivity contribution in [3.8, 4) is 0 Å². The second-order valence-corrected chi connectivity index (χ2v) is 6.50. The van der Waals surface area contributed by atoms with Gasteiger partial charge in [0.1, 0.15) is 12.1 Å². The van der Waals surface area contributed by atoms with Gasteiger partial charge in [-0.15, -0.1) is 0 Å². The van der Waals surface area contributed by atoms with Crippen LogP contribution in [-0.4, -0.2) is 87.1 Å². The van der Waals surface area contributed by atoms with E-state index in [2.05, 4.69) is 10.6 Å². The zero-order valence-corrected chi connectivity index (χ0v) is 15.5. The fraction of sp³-hybridized carbons (Fsp3) is 0.625. The first-order chi connectivity index (χ1) is 13.5. The molecule has 0 spiro atoms. The van der Waals surface area contributed by atoms with Crippen molar-refractivity contribution in [1.82, 2.24) is 15.5 Å². The molecule has 13 heteroatoms. The van der Waals surface area contributed by atoms with E-state index in [9.17, 15) is 28.8 Å². The highest BCUT2D eigenvalue weighted by Crippen LogP contribution is 2.18. The van der Waals surface area contributed by atoms with E-state index >= 15 is 0 Å². The Morgan fingerprint density at radius 1 is 1.07 bits per heavy atom. The van der Waals surface area contributed by atoms with E-state index in [1.165, 1.54) is 0 Å². The molecule has 0 aromatic rings. The van der Waals surface area contributed by atoms with E-state index in [-0.39, 0.29) is 13.0 Å². The average molecular weight is 416 g/mol. The molecule has 0 saturated carbocycles. The SMILES string of the molecule is NC(CC(=O)O)C(=O)N1CCCC1C(=O)NCC(=O)NC(CCC(=O)O)C(=O)O. The number of amides is 3. The Kier molecular flexibility index (Phi) is 8.99. The largest absolute Gasteiger partial charge is 0.481 e. The van der Waals surface area contributed by atoms with Crippen LogP contribution in [0, 0.1) is 0 Å². The van der Waals surface area contributed by atoms with Gasteiger partial charge in [0.15, 0.2) is 0 Å². The van der Waals surface area contributed by atoms with E-state index in [0.29, 0.717) is 12.8 Å². The highest BCUT2D eigenvalue weighted by atomic mass is 16.4. The normalized spacial score (nSPS) is 17.8. The number of hydrogen-bond acceptors (Lipinski definition) is 7. The number of rotatable bonds is 11. The number of nitrogens with two attached hydrogens (primary N) is 1. The van der Waals surface area contributed by atoms with E-state index in [4.69, 9.17) is 21.1 Å². The molecule has 1 heterocycles. The number of nitrogens with one attached hydrogen (secondary N) is 2. The molecule has 3 unspecified atom stereocenters. The molecule has 1 saturated heterocycles. The number of carbonyl (C=O) groups excluding carboxylic acids is 3. The third-order valence-corrected chi connectivity index (χ3v) is 4.25. The minimum Gasteiger partial charge on any atom is -0.481 e. The number of hydrogen-bond donors (Lipinski definition) is 6. The molecule has 29 heavy (non-hydrogen) atoms. The fourth-order valence-corrected chi connectivity index (χ4v) is 2.85. The van der Waals surface area contributed by atoms with Gasteiger partial charge in [-0.2, -0.15) is 0 Å². The Morgan fingerprint density at radius 3 is 2.28 bits per heavy atom. The van der Waals surface area contributed by atoms with Crippen LogP contribution < -0.4 is 16.4 Å². The number of likely N-dealkylation sites (tertiary alicyclic amines) is 1. The molecule has 1 aliphatic heterocycles. The lowest BCUT2D eigenvalue weighted by atomic mass is 10.1. The molecule has 7 N–H and O–H groups in total. The van der Waals surface area contributed by atoms with Crippen LogP contribution in [0.3, 0.4) is 0 Å². The van der Waals surface area contributed by atoms with Crippen LogP contribution in [0.2, 0.25) is 0 Å². The lowest BCUT2D eigenvalue weighted by Crippen LogP contribution is -2.53. The monoisotopic (exact) mass is 416 g/mol. The van der Waals surface area contributed by atoms with Crippen molar-refractivity contribution in [2.24, 2.45) is 5.73 Å². The van der Waals surface area contributed by atoms with Gasteiger partial charge >= 0.3 is 17.9 Å². The second kappa shape index (κ2) is 10.9. The summed E-state index contributed by atoms with van der Waals surface area (Å²) in [5, 5.41) is 30.7. The molecule has 162 valence electrons. The molecular weight excluding hydrogens is 392 g/mol. The summed E-state index contributed by atoms with van der Waals surface area (Å²) in [4.78, 5) is 69.9. The second-order valence-electron chi connectivity index (χ2n) is 6.50. The molecule has 0 aromatic heterocycles. The smallest absolute Gasteiger partial charge is 0.326 e. The van der Waals surface area contributed by atoms with Gasteiger partial charge in [-0.3, -0.25) is 24.0 Å². The van der Waals surface area contributed by atoms with Gasteiger partial charge in [0, 0.05) is 13.0 Å². The molecule has 1 fully saturated rings. The quantitative estimate of drug-likeness (QED) is 0.205. The van der Waals surface area contributed by atoms with Crippen molar-refractivity contribution in [3.63, 3.8) is 0 Å². The van der Waals surface area contributed by atoms with Crippen molar-refractivity contribution in [1.29, 1.82) is 0 Å². The first kappa shape index (κ1) is 23.8. The molecule has 0 bridgehead atoms. The van der Waals surface area contributed by atoms with Gasteiger partial charge in [-0.05, 0) is 19.3 Å². The van der Waals surface area contributed by atoms with Crippen molar-refractivity contribution in [3.05, 3.63) is 0 Å². The minimum atomic E-state index is -1.42. The first-order valence-corrected chi connectivity index (χ1v) is 8.82. The Labute approximate surface area is 165 Å². The summed E-state index contributed by atoms with van der Waals surface area (Å²) in [5.41, 5.74) is 5.55. The third kappa shape index (κ3) is 7.73. The maximum Gasteiger partial charge on any atom is 0.326 e. The van der Waals surface area contributed by atoms with Crippen LogP contribution in [0.1, 0.15) is 32.1 Å². The van der Waals surface area contributed by atoms with Crippen molar-refractivity contribution in [2.45, 2.75) is 50.2 Å². The maximum atomic E-state index is 12.3. The number of carbonyl (C=O) groups is 6. The van der Waals surface area contributed by atoms with Crippen LogP contribution >= 0.6 is 0 Å². The molecule has 0 aromatic carbocycles. The molecular formula is C16H24N4O9. The molecule has 1 aliphatic rings. The first-order valence-electron chi connectivity index (χ1n) is 8.82. The van der Waals surface area contributed by atoms with Gasteiger partial charge in [-0.1, -0.05) is 0 Å². The molecule has 1 rings (SSSR count). The molecule has 3 amide bonds. The lowest BCUT2D eigenvalue weighted by molar-refractivity contribution is -0.144. The minimum absolute atomic E-state index is 0.215. The van der Waals surface area contributed by atoms with Crippen LogP contribution in [0.25, 0.3) is 0 Å². The lowest BCUT2D eigenvalue weighted by Gasteiger charge is -2.26. The highest BCUT2D eigenvalue weighted by molar-refractivity contribution is 5.94. The summed E-state index contributed by atoms with van der Waals surface area (Å²) in [6.45, 7) is -0.359. The van der Waals surface area contributed by atoms with Gasteiger partial charge in [0.25, 0.3) is 0 Å². The number of aliphatic carboxylic acids is 3. The Balaban J connectivity index is 2.58. The van der Waals surface area contributed by atoms with Crippen LogP contribution in [0.15, 0.2) is 0 Å². The molecule has 0 radical (unpaired) electrons. The molecule has 0 aliphatic carbocycles. The van der Waals surface area contributed by atoms with Gasteiger partial charge in [0.2, 0.25) is 17.7 Å². The summed E-state index contributed by atoms with van der Waals surface area (Å²) in [7, 11) is 0. The van der Waals surface area contributed by atoms with E-state index < -0.39 is 73.1 Å². The highest BCUT2D eigenvalue weighted by Gasteiger charge is 2.36. The van der Waals surface area contributed by atoms with Crippen molar-refractivity contribution >= 4 is 35.6 Å². The zero-order chi connectivity index (χ0) is 22.1. The fourth-order valence-electron chi connectivity index (χ4n) is 2.85.